The monoisotopic (exact) mass is 181 g/mol. The number of hydrogen-bond acceptors (Lipinski definition) is 2. The third-order valence-electron chi connectivity index (χ3n) is 3.16. The van der Waals surface area contributed by atoms with Crippen LogP contribution in [0.5, 0.6) is 0 Å². The smallest absolute Gasteiger partial charge is 0.187 e. The highest BCUT2D eigenvalue weighted by atomic mass is 16.5. The molecule has 0 aromatic carbocycles. The maximum Gasteiger partial charge on any atom is 0.187 e. The zero-order chi connectivity index (χ0) is 9.47. The first-order valence-electron chi connectivity index (χ1n) is 5.31. The van der Waals surface area contributed by atoms with Gasteiger partial charge in [0.05, 0.1) is 5.54 Å². The first-order valence-corrected chi connectivity index (χ1v) is 5.31. The van der Waals surface area contributed by atoms with Gasteiger partial charge in [-0.1, -0.05) is 13.3 Å². The molecule has 2 heteroatoms. The Morgan fingerprint density at radius 3 is 2.62 bits per heavy atom. The third kappa shape index (κ3) is 1.72. The molecule has 0 spiro atoms. The van der Waals surface area contributed by atoms with E-state index in [4.69, 9.17) is 4.74 Å². The van der Waals surface area contributed by atoms with Crippen LogP contribution in [0.1, 0.15) is 40.0 Å². The summed E-state index contributed by atoms with van der Waals surface area (Å²) in [6.45, 7) is 7.36. The zero-order valence-electron chi connectivity index (χ0n) is 8.84. The van der Waals surface area contributed by atoms with Gasteiger partial charge in [-0.2, -0.15) is 0 Å². The molecule has 13 heavy (non-hydrogen) atoms. The first kappa shape index (κ1) is 9.04. The molecule has 0 amide bonds. The molecule has 1 aliphatic heterocycles. The van der Waals surface area contributed by atoms with Crippen LogP contribution in [0.25, 0.3) is 0 Å². The summed E-state index contributed by atoms with van der Waals surface area (Å²) in [7, 11) is 0. The molecule has 0 N–H and O–H groups in total. The van der Waals surface area contributed by atoms with Crippen LogP contribution in [-0.2, 0) is 4.74 Å². The zero-order valence-corrected chi connectivity index (χ0v) is 8.84. The van der Waals surface area contributed by atoms with Crippen LogP contribution >= 0.6 is 0 Å². The summed E-state index contributed by atoms with van der Waals surface area (Å²) in [5, 5.41) is 0. The number of rotatable bonds is 1. The summed E-state index contributed by atoms with van der Waals surface area (Å²) in [5.74, 6) is 2.42. The van der Waals surface area contributed by atoms with Crippen molar-refractivity contribution >= 4 is 5.90 Å². The van der Waals surface area contributed by atoms with Gasteiger partial charge in [0.25, 0.3) is 0 Å². The number of aliphatic imine (C=N–C) groups is 1. The summed E-state index contributed by atoms with van der Waals surface area (Å²) in [4.78, 5) is 4.65. The number of hydrogen-bond donors (Lipinski definition) is 0. The fraction of sp³-hybridized carbons (Fsp3) is 0.909. The van der Waals surface area contributed by atoms with Crippen molar-refractivity contribution in [3.63, 3.8) is 0 Å². The molecule has 1 aliphatic carbocycles. The molecule has 1 saturated carbocycles. The number of nitrogens with zero attached hydrogens (tertiary/aromatic N) is 1. The highest BCUT2D eigenvalue weighted by molar-refractivity contribution is 5.81. The van der Waals surface area contributed by atoms with Gasteiger partial charge in [0.15, 0.2) is 5.90 Å². The van der Waals surface area contributed by atoms with Gasteiger partial charge in [0, 0.05) is 5.92 Å². The molecule has 1 fully saturated rings. The van der Waals surface area contributed by atoms with Crippen LogP contribution in [0, 0.1) is 11.8 Å². The normalized spacial score (nSPS) is 37.3. The van der Waals surface area contributed by atoms with E-state index in [1.807, 2.05) is 0 Å². The maximum atomic E-state index is 5.67. The molecule has 2 atom stereocenters. The fourth-order valence-corrected chi connectivity index (χ4v) is 2.32. The average molecular weight is 181 g/mol. The van der Waals surface area contributed by atoms with Crippen LogP contribution in [0.15, 0.2) is 4.99 Å². The van der Waals surface area contributed by atoms with Gasteiger partial charge in [-0.05, 0) is 32.6 Å². The van der Waals surface area contributed by atoms with Gasteiger partial charge in [-0.25, -0.2) is 4.99 Å². The minimum atomic E-state index is 0.0254. The lowest BCUT2D eigenvalue weighted by Crippen LogP contribution is -2.17. The minimum absolute atomic E-state index is 0.0254. The second-order valence-corrected chi connectivity index (χ2v) is 5.07. The Bertz CT molecular complexity index is 232. The Labute approximate surface area is 80.4 Å². The molecule has 2 aliphatic rings. The predicted molar refractivity (Wildman–Crippen MR) is 54.0 cm³/mol. The number of ether oxygens (including phenoxy) is 1. The molecule has 2 nitrogen and oxygen atoms in total. The van der Waals surface area contributed by atoms with E-state index in [9.17, 15) is 0 Å². The summed E-state index contributed by atoms with van der Waals surface area (Å²) in [6.07, 6.45) is 3.96. The van der Waals surface area contributed by atoms with Crippen LogP contribution in [-0.4, -0.2) is 18.0 Å². The molecule has 0 aromatic rings. The van der Waals surface area contributed by atoms with Crippen molar-refractivity contribution in [2.24, 2.45) is 16.8 Å². The molecule has 0 saturated heterocycles. The molecule has 0 unspecified atom stereocenters. The lowest BCUT2D eigenvalue weighted by atomic mass is 9.98. The lowest BCUT2D eigenvalue weighted by Gasteiger charge is -2.13. The van der Waals surface area contributed by atoms with Gasteiger partial charge in [-0.3, -0.25) is 0 Å². The predicted octanol–water partition coefficient (Wildman–Crippen LogP) is 2.63. The van der Waals surface area contributed by atoms with E-state index in [1.54, 1.807) is 0 Å². The Kier molecular flexibility index (Phi) is 2.09. The topological polar surface area (TPSA) is 21.6 Å². The summed E-state index contributed by atoms with van der Waals surface area (Å²) >= 11 is 0. The Balaban J connectivity index is 2.09. The quantitative estimate of drug-likeness (QED) is 0.609. The highest BCUT2D eigenvalue weighted by Gasteiger charge is 2.35. The van der Waals surface area contributed by atoms with Crippen LogP contribution < -0.4 is 0 Å². The minimum Gasteiger partial charge on any atom is -0.478 e. The van der Waals surface area contributed by atoms with Crippen molar-refractivity contribution in [1.29, 1.82) is 0 Å². The van der Waals surface area contributed by atoms with Crippen LogP contribution in [0.4, 0.5) is 0 Å². The average Bonchev–Trinajstić information content (AvgIpc) is 2.56. The first-order chi connectivity index (χ1) is 6.08. The van der Waals surface area contributed by atoms with E-state index in [-0.39, 0.29) is 5.54 Å². The molecule has 74 valence electrons. The van der Waals surface area contributed by atoms with Crippen molar-refractivity contribution in [3.8, 4) is 0 Å². The molecule has 0 aromatic heterocycles. The molecule has 0 bridgehead atoms. The van der Waals surface area contributed by atoms with Gasteiger partial charge < -0.3 is 4.74 Å². The van der Waals surface area contributed by atoms with Crippen molar-refractivity contribution in [2.45, 2.75) is 45.6 Å². The van der Waals surface area contributed by atoms with E-state index in [0.29, 0.717) is 5.92 Å². The van der Waals surface area contributed by atoms with E-state index in [1.165, 1.54) is 19.3 Å². The molecule has 0 radical (unpaired) electrons. The standard InChI is InChI=1S/C11H19NO/c1-8-5-4-6-9(8)10-12-11(2,3)7-13-10/h8-9H,4-7H2,1-3H3/t8-,9+/m1/s1. The fourth-order valence-electron chi connectivity index (χ4n) is 2.32. The van der Waals surface area contributed by atoms with Gasteiger partial charge in [0.2, 0.25) is 0 Å². The van der Waals surface area contributed by atoms with Crippen molar-refractivity contribution in [1.82, 2.24) is 0 Å². The van der Waals surface area contributed by atoms with Crippen molar-refractivity contribution in [3.05, 3.63) is 0 Å². The maximum absolute atomic E-state index is 5.67. The Hall–Kier alpha value is -0.530. The second-order valence-electron chi connectivity index (χ2n) is 5.07. The van der Waals surface area contributed by atoms with Crippen molar-refractivity contribution < 1.29 is 4.74 Å². The lowest BCUT2D eigenvalue weighted by molar-refractivity contribution is 0.259. The van der Waals surface area contributed by atoms with E-state index in [2.05, 4.69) is 25.8 Å². The molecular weight excluding hydrogens is 162 g/mol. The summed E-state index contributed by atoms with van der Waals surface area (Å²) in [5.41, 5.74) is 0.0254. The SMILES string of the molecule is C[C@@H]1CCC[C@@H]1C1=NC(C)(C)CO1. The molecular formula is C11H19NO. The highest BCUT2D eigenvalue weighted by Crippen LogP contribution is 2.35. The summed E-state index contributed by atoms with van der Waals surface area (Å²) < 4.78 is 5.67. The van der Waals surface area contributed by atoms with Gasteiger partial charge in [0.1, 0.15) is 6.61 Å². The van der Waals surface area contributed by atoms with E-state index >= 15 is 0 Å². The van der Waals surface area contributed by atoms with Gasteiger partial charge in [-0.15, -0.1) is 0 Å². The Morgan fingerprint density at radius 1 is 1.38 bits per heavy atom. The summed E-state index contributed by atoms with van der Waals surface area (Å²) in [6, 6.07) is 0. The largest absolute Gasteiger partial charge is 0.478 e. The van der Waals surface area contributed by atoms with Crippen molar-refractivity contribution in [2.75, 3.05) is 6.61 Å². The molecule has 2 rings (SSSR count). The Morgan fingerprint density at radius 2 is 2.15 bits per heavy atom. The van der Waals surface area contributed by atoms with Crippen LogP contribution in [0.3, 0.4) is 0 Å². The van der Waals surface area contributed by atoms with Crippen LogP contribution in [0.2, 0.25) is 0 Å². The second kappa shape index (κ2) is 3.00. The van der Waals surface area contributed by atoms with E-state index in [0.717, 1.165) is 18.4 Å². The molecule has 1 heterocycles. The van der Waals surface area contributed by atoms with E-state index < -0.39 is 0 Å². The third-order valence-corrected chi connectivity index (χ3v) is 3.16. The van der Waals surface area contributed by atoms with Gasteiger partial charge >= 0.3 is 0 Å².